The molecule has 1 atom stereocenters. The molecular weight excluding hydrogens is 246 g/mol. The Morgan fingerprint density at radius 3 is 2.79 bits per heavy atom. The Morgan fingerprint density at radius 1 is 1.64 bits per heavy atom. The Labute approximate surface area is 90.4 Å². The minimum absolute atomic E-state index is 0.201. The van der Waals surface area contributed by atoms with Gasteiger partial charge < -0.3 is 10.8 Å². The van der Waals surface area contributed by atoms with Crippen LogP contribution >= 0.6 is 15.9 Å². The van der Waals surface area contributed by atoms with Crippen molar-refractivity contribution in [2.75, 3.05) is 0 Å². The van der Waals surface area contributed by atoms with Crippen LogP contribution in [0.25, 0.3) is 0 Å². The van der Waals surface area contributed by atoms with E-state index in [-0.39, 0.29) is 5.56 Å². The van der Waals surface area contributed by atoms with Crippen molar-refractivity contribution in [3.63, 3.8) is 0 Å². The molecule has 3 nitrogen and oxygen atoms in total. The van der Waals surface area contributed by atoms with Gasteiger partial charge in [0.25, 0.3) is 0 Å². The molecule has 0 heterocycles. The Kier molecular flexibility index (Phi) is 3.43. The summed E-state index contributed by atoms with van der Waals surface area (Å²) in [5.74, 6) is -0.987. The fraction of sp³-hybridized carbons (Fsp3) is 0.100. The molecule has 0 aliphatic heterocycles. The van der Waals surface area contributed by atoms with Gasteiger partial charge in [-0.05, 0) is 12.1 Å². The van der Waals surface area contributed by atoms with Crippen LogP contribution in [0.1, 0.15) is 22.0 Å². The van der Waals surface area contributed by atoms with E-state index in [4.69, 9.17) is 10.8 Å². The second-order valence-electron chi connectivity index (χ2n) is 2.77. The summed E-state index contributed by atoms with van der Waals surface area (Å²) in [5.41, 5.74) is 6.47. The molecule has 74 valence electrons. The fourth-order valence-corrected chi connectivity index (χ4v) is 1.81. The van der Waals surface area contributed by atoms with E-state index in [1.807, 2.05) is 0 Å². The van der Waals surface area contributed by atoms with Gasteiger partial charge in [-0.1, -0.05) is 28.1 Å². The molecule has 0 unspecified atom stereocenters. The minimum Gasteiger partial charge on any atom is -0.478 e. The van der Waals surface area contributed by atoms with Crippen LogP contribution in [0.2, 0.25) is 0 Å². The molecule has 0 radical (unpaired) electrons. The number of benzene rings is 1. The molecule has 0 saturated heterocycles. The Hall–Kier alpha value is -1.13. The van der Waals surface area contributed by atoms with Crippen molar-refractivity contribution in [1.82, 2.24) is 0 Å². The molecule has 3 N–H and O–H groups in total. The van der Waals surface area contributed by atoms with Gasteiger partial charge in [-0.25, -0.2) is 4.79 Å². The number of rotatable bonds is 3. The molecule has 1 aromatic carbocycles. The Bertz CT molecular complexity index is 376. The average molecular weight is 256 g/mol. The third-order valence-electron chi connectivity index (χ3n) is 1.87. The smallest absolute Gasteiger partial charge is 0.336 e. The molecule has 14 heavy (non-hydrogen) atoms. The van der Waals surface area contributed by atoms with E-state index < -0.39 is 12.0 Å². The van der Waals surface area contributed by atoms with Crippen molar-refractivity contribution in [2.45, 2.75) is 6.04 Å². The molecule has 1 rings (SSSR count). The largest absolute Gasteiger partial charge is 0.478 e. The van der Waals surface area contributed by atoms with Crippen LogP contribution in [0.15, 0.2) is 35.3 Å². The van der Waals surface area contributed by atoms with Crippen LogP contribution < -0.4 is 5.73 Å². The van der Waals surface area contributed by atoms with Gasteiger partial charge in [0, 0.05) is 16.1 Å². The number of carboxylic acids is 1. The maximum absolute atomic E-state index is 10.9. The average Bonchev–Trinajstić information content (AvgIpc) is 2.16. The number of halogens is 1. The second-order valence-corrected chi connectivity index (χ2v) is 3.62. The predicted octanol–water partition coefficient (Wildman–Crippen LogP) is 2.33. The summed E-state index contributed by atoms with van der Waals surface area (Å²) in [5, 5.41) is 8.92. The van der Waals surface area contributed by atoms with E-state index in [0.29, 0.717) is 10.0 Å². The van der Waals surface area contributed by atoms with Gasteiger partial charge in [-0.15, -0.1) is 6.58 Å². The molecule has 1 aromatic rings. The standard InChI is InChI=1S/C10H10BrNO2/c1-2-8(12)9-6(10(13)14)4-3-5-7(9)11/h2-5,8H,1,12H2,(H,13,14)/t8-/m1/s1. The summed E-state index contributed by atoms with van der Waals surface area (Å²) in [4.78, 5) is 10.9. The normalized spacial score (nSPS) is 12.1. The van der Waals surface area contributed by atoms with Crippen LogP contribution in [0.3, 0.4) is 0 Å². The lowest BCUT2D eigenvalue weighted by atomic mass is 10.0. The fourth-order valence-electron chi connectivity index (χ4n) is 1.18. The SMILES string of the molecule is C=C[C@@H](N)c1c(Br)cccc1C(=O)O. The number of carbonyl (C=O) groups is 1. The van der Waals surface area contributed by atoms with E-state index in [0.717, 1.165) is 0 Å². The molecule has 0 aliphatic carbocycles. The lowest BCUT2D eigenvalue weighted by molar-refractivity contribution is 0.0695. The second kappa shape index (κ2) is 4.39. The van der Waals surface area contributed by atoms with E-state index >= 15 is 0 Å². The third-order valence-corrected chi connectivity index (χ3v) is 2.56. The van der Waals surface area contributed by atoms with Gasteiger partial charge in [-0.2, -0.15) is 0 Å². The van der Waals surface area contributed by atoms with Crippen molar-refractivity contribution in [3.8, 4) is 0 Å². The summed E-state index contributed by atoms with van der Waals surface area (Å²) in [7, 11) is 0. The van der Waals surface area contributed by atoms with Crippen molar-refractivity contribution >= 4 is 21.9 Å². The summed E-state index contributed by atoms with van der Waals surface area (Å²) < 4.78 is 0.685. The third kappa shape index (κ3) is 2.02. The van der Waals surface area contributed by atoms with Gasteiger partial charge >= 0.3 is 5.97 Å². The van der Waals surface area contributed by atoms with Crippen molar-refractivity contribution in [1.29, 1.82) is 0 Å². The zero-order chi connectivity index (χ0) is 10.7. The summed E-state index contributed by atoms with van der Waals surface area (Å²) in [6.45, 7) is 3.54. The minimum atomic E-state index is -0.987. The highest BCUT2D eigenvalue weighted by molar-refractivity contribution is 9.10. The highest BCUT2D eigenvalue weighted by atomic mass is 79.9. The van der Waals surface area contributed by atoms with Gasteiger partial charge in [0.1, 0.15) is 0 Å². The van der Waals surface area contributed by atoms with Crippen molar-refractivity contribution < 1.29 is 9.90 Å². The molecule has 4 heteroatoms. The van der Waals surface area contributed by atoms with Crippen LogP contribution in [-0.4, -0.2) is 11.1 Å². The molecule has 0 aromatic heterocycles. The first-order valence-corrected chi connectivity index (χ1v) is 4.77. The molecule has 0 fully saturated rings. The first-order valence-electron chi connectivity index (χ1n) is 3.97. The number of nitrogens with two attached hydrogens (primary N) is 1. The quantitative estimate of drug-likeness (QED) is 0.816. The van der Waals surface area contributed by atoms with E-state index in [1.165, 1.54) is 12.1 Å². The van der Waals surface area contributed by atoms with Crippen LogP contribution in [-0.2, 0) is 0 Å². The zero-order valence-corrected chi connectivity index (χ0v) is 8.99. The number of hydrogen-bond acceptors (Lipinski definition) is 2. The van der Waals surface area contributed by atoms with Crippen molar-refractivity contribution in [2.24, 2.45) is 5.73 Å². The highest BCUT2D eigenvalue weighted by Crippen LogP contribution is 2.26. The first-order chi connectivity index (χ1) is 6.57. The highest BCUT2D eigenvalue weighted by Gasteiger charge is 2.16. The number of aromatic carboxylic acids is 1. The van der Waals surface area contributed by atoms with Gasteiger partial charge in [0.15, 0.2) is 0 Å². The van der Waals surface area contributed by atoms with Gasteiger partial charge in [-0.3, -0.25) is 0 Å². The monoisotopic (exact) mass is 255 g/mol. The van der Waals surface area contributed by atoms with E-state index in [1.54, 1.807) is 12.1 Å². The topological polar surface area (TPSA) is 63.3 Å². The lowest BCUT2D eigenvalue weighted by Crippen LogP contribution is -2.13. The molecule has 0 saturated carbocycles. The van der Waals surface area contributed by atoms with E-state index in [2.05, 4.69) is 22.5 Å². The lowest BCUT2D eigenvalue weighted by Gasteiger charge is -2.12. The Morgan fingerprint density at radius 2 is 2.29 bits per heavy atom. The Balaban J connectivity index is 3.36. The summed E-state index contributed by atoms with van der Waals surface area (Å²) in [6, 6.07) is 4.46. The number of hydrogen-bond donors (Lipinski definition) is 2. The molecule has 0 bridgehead atoms. The van der Waals surface area contributed by atoms with Gasteiger partial charge in [0.2, 0.25) is 0 Å². The number of carboxylic acid groups (broad SMARTS) is 1. The van der Waals surface area contributed by atoms with Crippen LogP contribution in [0, 0.1) is 0 Å². The molecule has 0 spiro atoms. The first kappa shape index (κ1) is 10.9. The zero-order valence-electron chi connectivity index (χ0n) is 7.40. The molecular formula is C10H10BrNO2. The molecule has 0 aliphatic rings. The maximum Gasteiger partial charge on any atom is 0.336 e. The van der Waals surface area contributed by atoms with Crippen molar-refractivity contribution in [3.05, 3.63) is 46.5 Å². The van der Waals surface area contributed by atoms with E-state index in [9.17, 15) is 4.79 Å². The predicted molar refractivity (Wildman–Crippen MR) is 58.2 cm³/mol. The summed E-state index contributed by atoms with van der Waals surface area (Å²) in [6.07, 6.45) is 1.51. The maximum atomic E-state index is 10.9. The van der Waals surface area contributed by atoms with Crippen LogP contribution in [0.4, 0.5) is 0 Å². The van der Waals surface area contributed by atoms with Crippen LogP contribution in [0.5, 0.6) is 0 Å². The summed E-state index contributed by atoms with van der Waals surface area (Å²) >= 11 is 3.27. The van der Waals surface area contributed by atoms with Gasteiger partial charge in [0.05, 0.1) is 5.56 Å². The molecule has 0 amide bonds.